The minimum absolute atomic E-state index is 0.166. The van der Waals surface area contributed by atoms with Gasteiger partial charge in [-0.2, -0.15) is 5.26 Å². The maximum Gasteiger partial charge on any atom is 0.333 e. The number of rotatable bonds is 3. The van der Waals surface area contributed by atoms with Crippen LogP contribution in [0.1, 0.15) is 39.5 Å². The molecule has 1 rings (SSSR count). The molecule has 0 saturated heterocycles. The Morgan fingerprint density at radius 1 is 1.60 bits per heavy atom. The summed E-state index contributed by atoms with van der Waals surface area (Å²) in [5.41, 5.74) is 0.181. The summed E-state index contributed by atoms with van der Waals surface area (Å²) in [4.78, 5) is 11.6. The Kier molecular flexibility index (Phi) is 3.90. The van der Waals surface area contributed by atoms with E-state index in [1.165, 1.54) is 0 Å². The summed E-state index contributed by atoms with van der Waals surface area (Å²) in [6, 6.07) is 2.10. The third kappa shape index (κ3) is 3.75. The SMILES string of the molecule is CC(C)(C#N)COC(=O)C1=CCCCC1. The molecule has 15 heavy (non-hydrogen) atoms. The second kappa shape index (κ2) is 4.97. The highest BCUT2D eigenvalue weighted by molar-refractivity contribution is 5.88. The first-order chi connectivity index (χ1) is 7.05. The van der Waals surface area contributed by atoms with Gasteiger partial charge in [0.25, 0.3) is 0 Å². The highest BCUT2D eigenvalue weighted by atomic mass is 16.5. The van der Waals surface area contributed by atoms with Crippen molar-refractivity contribution in [1.29, 1.82) is 5.26 Å². The molecule has 0 saturated carbocycles. The first-order valence-corrected chi connectivity index (χ1v) is 5.32. The van der Waals surface area contributed by atoms with E-state index in [0.717, 1.165) is 31.3 Å². The van der Waals surface area contributed by atoms with E-state index in [1.54, 1.807) is 13.8 Å². The Morgan fingerprint density at radius 3 is 2.87 bits per heavy atom. The van der Waals surface area contributed by atoms with Crippen molar-refractivity contribution in [3.8, 4) is 6.07 Å². The lowest BCUT2D eigenvalue weighted by Gasteiger charge is -2.17. The molecule has 0 bridgehead atoms. The Morgan fingerprint density at radius 2 is 2.33 bits per heavy atom. The zero-order valence-electron chi connectivity index (χ0n) is 9.38. The molecule has 0 unspecified atom stereocenters. The Labute approximate surface area is 90.7 Å². The minimum atomic E-state index is -0.592. The summed E-state index contributed by atoms with van der Waals surface area (Å²) in [6.45, 7) is 3.69. The molecule has 0 atom stereocenters. The molecule has 0 aromatic carbocycles. The fourth-order valence-corrected chi connectivity index (χ4v) is 1.39. The van der Waals surface area contributed by atoms with Crippen LogP contribution in [0.15, 0.2) is 11.6 Å². The predicted molar refractivity (Wildman–Crippen MR) is 56.9 cm³/mol. The van der Waals surface area contributed by atoms with Gasteiger partial charge in [0.2, 0.25) is 0 Å². The third-order valence-corrected chi connectivity index (χ3v) is 2.42. The van der Waals surface area contributed by atoms with Crippen LogP contribution < -0.4 is 0 Å². The van der Waals surface area contributed by atoms with Gasteiger partial charge in [-0.25, -0.2) is 4.79 Å². The zero-order chi connectivity index (χ0) is 11.3. The van der Waals surface area contributed by atoms with E-state index in [2.05, 4.69) is 6.07 Å². The summed E-state index contributed by atoms with van der Waals surface area (Å²) in [6.07, 6.45) is 5.94. The molecule has 0 aliphatic heterocycles. The number of carbonyl (C=O) groups excluding carboxylic acids is 1. The molecule has 0 fully saturated rings. The van der Waals surface area contributed by atoms with Gasteiger partial charge < -0.3 is 4.74 Å². The first kappa shape index (κ1) is 11.8. The van der Waals surface area contributed by atoms with Crippen LogP contribution in [0.3, 0.4) is 0 Å². The largest absolute Gasteiger partial charge is 0.461 e. The van der Waals surface area contributed by atoms with Crippen LogP contribution in [-0.4, -0.2) is 12.6 Å². The van der Waals surface area contributed by atoms with Crippen LogP contribution in [0, 0.1) is 16.7 Å². The van der Waals surface area contributed by atoms with Crippen LogP contribution in [0.4, 0.5) is 0 Å². The molecule has 3 heteroatoms. The number of carbonyl (C=O) groups is 1. The molecule has 0 N–H and O–H groups in total. The maximum absolute atomic E-state index is 11.6. The number of hydrogen-bond acceptors (Lipinski definition) is 3. The highest BCUT2D eigenvalue weighted by Crippen LogP contribution is 2.20. The molecule has 0 aromatic heterocycles. The number of hydrogen-bond donors (Lipinski definition) is 0. The van der Waals surface area contributed by atoms with Crippen molar-refractivity contribution in [3.05, 3.63) is 11.6 Å². The molecule has 0 radical (unpaired) electrons. The van der Waals surface area contributed by atoms with Gasteiger partial charge in [0.05, 0.1) is 11.5 Å². The average Bonchev–Trinajstić information content (AvgIpc) is 2.27. The van der Waals surface area contributed by atoms with Crippen molar-refractivity contribution in [2.45, 2.75) is 39.5 Å². The van der Waals surface area contributed by atoms with Crippen molar-refractivity contribution in [2.75, 3.05) is 6.61 Å². The van der Waals surface area contributed by atoms with Gasteiger partial charge in [-0.05, 0) is 39.5 Å². The van der Waals surface area contributed by atoms with Crippen LogP contribution in [0.5, 0.6) is 0 Å². The van der Waals surface area contributed by atoms with Gasteiger partial charge in [-0.15, -0.1) is 0 Å². The summed E-state index contributed by atoms with van der Waals surface area (Å²) < 4.78 is 5.11. The van der Waals surface area contributed by atoms with E-state index in [9.17, 15) is 4.79 Å². The van der Waals surface area contributed by atoms with Crippen molar-refractivity contribution in [3.63, 3.8) is 0 Å². The fourth-order valence-electron chi connectivity index (χ4n) is 1.39. The van der Waals surface area contributed by atoms with Crippen molar-refractivity contribution in [1.82, 2.24) is 0 Å². The Balaban J connectivity index is 2.43. The highest BCUT2D eigenvalue weighted by Gasteiger charge is 2.21. The van der Waals surface area contributed by atoms with E-state index in [1.807, 2.05) is 6.08 Å². The summed E-state index contributed by atoms with van der Waals surface area (Å²) in [5, 5.41) is 8.76. The Bertz CT molecular complexity index is 310. The smallest absolute Gasteiger partial charge is 0.333 e. The first-order valence-electron chi connectivity index (χ1n) is 5.32. The number of esters is 1. The molecular weight excluding hydrogens is 190 g/mol. The topological polar surface area (TPSA) is 50.1 Å². The van der Waals surface area contributed by atoms with Crippen molar-refractivity contribution >= 4 is 5.97 Å². The number of nitrogens with zero attached hydrogens (tertiary/aromatic N) is 1. The molecule has 0 amide bonds. The quantitative estimate of drug-likeness (QED) is 0.668. The lowest BCUT2D eigenvalue weighted by atomic mass is 9.97. The van der Waals surface area contributed by atoms with E-state index in [0.29, 0.717) is 0 Å². The monoisotopic (exact) mass is 207 g/mol. The van der Waals surface area contributed by atoms with E-state index >= 15 is 0 Å². The van der Waals surface area contributed by atoms with E-state index < -0.39 is 5.41 Å². The summed E-state index contributed by atoms with van der Waals surface area (Å²) >= 11 is 0. The lowest BCUT2D eigenvalue weighted by Crippen LogP contribution is -2.21. The Hall–Kier alpha value is -1.30. The number of nitriles is 1. The summed E-state index contributed by atoms with van der Waals surface area (Å²) in [5.74, 6) is -0.252. The van der Waals surface area contributed by atoms with Crippen LogP contribution >= 0.6 is 0 Å². The molecule has 0 heterocycles. The van der Waals surface area contributed by atoms with E-state index in [-0.39, 0.29) is 12.6 Å². The van der Waals surface area contributed by atoms with Crippen molar-refractivity contribution < 1.29 is 9.53 Å². The van der Waals surface area contributed by atoms with Gasteiger partial charge in [0.15, 0.2) is 0 Å². The van der Waals surface area contributed by atoms with Crippen LogP contribution in [0.2, 0.25) is 0 Å². The molecule has 82 valence electrons. The van der Waals surface area contributed by atoms with Crippen LogP contribution in [0.25, 0.3) is 0 Å². The van der Waals surface area contributed by atoms with Gasteiger partial charge >= 0.3 is 5.97 Å². The van der Waals surface area contributed by atoms with Crippen LogP contribution in [-0.2, 0) is 9.53 Å². The third-order valence-electron chi connectivity index (χ3n) is 2.42. The molecule has 0 spiro atoms. The number of ether oxygens (including phenoxy) is 1. The molecular formula is C12H17NO2. The van der Waals surface area contributed by atoms with Gasteiger partial charge in [-0.1, -0.05) is 6.08 Å². The fraction of sp³-hybridized carbons (Fsp3) is 0.667. The minimum Gasteiger partial charge on any atom is -0.461 e. The second-order valence-corrected chi connectivity index (χ2v) is 4.55. The molecule has 3 nitrogen and oxygen atoms in total. The standard InChI is InChI=1S/C12H17NO2/c1-12(2,8-13)9-15-11(14)10-6-4-3-5-7-10/h6H,3-5,7,9H2,1-2H3. The number of allylic oxidation sites excluding steroid dienone is 1. The maximum atomic E-state index is 11.6. The van der Waals surface area contributed by atoms with Crippen molar-refractivity contribution in [2.24, 2.45) is 5.41 Å². The summed E-state index contributed by atoms with van der Waals surface area (Å²) in [7, 11) is 0. The lowest BCUT2D eigenvalue weighted by molar-refractivity contribution is -0.141. The predicted octanol–water partition coefficient (Wildman–Crippen LogP) is 2.58. The van der Waals surface area contributed by atoms with Gasteiger partial charge in [-0.3, -0.25) is 0 Å². The normalized spacial score (nSPS) is 16.5. The average molecular weight is 207 g/mol. The van der Waals surface area contributed by atoms with Gasteiger partial charge in [0, 0.05) is 5.57 Å². The zero-order valence-corrected chi connectivity index (χ0v) is 9.38. The molecule has 1 aliphatic carbocycles. The van der Waals surface area contributed by atoms with E-state index in [4.69, 9.17) is 10.00 Å². The molecule has 1 aliphatic rings. The van der Waals surface area contributed by atoms with Gasteiger partial charge in [0.1, 0.15) is 6.61 Å². The molecule has 0 aromatic rings. The second-order valence-electron chi connectivity index (χ2n) is 4.55.